The highest BCUT2D eigenvalue weighted by Gasteiger charge is 2.40. The highest BCUT2D eigenvalue weighted by molar-refractivity contribution is 6.33. The summed E-state index contributed by atoms with van der Waals surface area (Å²) in [5.74, 6) is -0.0337. The Morgan fingerprint density at radius 1 is 1.47 bits per heavy atom. The quantitative estimate of drug-likeness (QED) is 0.834. The third-order valence-electron chi connectivity index (χ3n) is 3.26. The van der Waals surface area contributed by atoms with Crippen LogP contribution in [0.2, 0.25) is 5.02 Å². The average molecular weight is 253 g/mol. The Hall–Kier alpha value is -1.06. The molecule has 3 nitrogen and oxygen atoms in total. The van der Waals surface area contributed by atoms with Gasteiger partial charge in [0.15, 0.2) is 0 Å². The van der Waals surface area contributed by atoms with Gasteiger partial charge in [0, 0.05) is 18.1 Å². The summed E-state index contributed by atoms with van der Waals surface area (Å²) in [6.07, 6.45) is 0.823. The molecule has 1 aliphatic rings. The molecule has 2 N–H and O–H groups in total. The molecule has 0 aliphatic carbocycles. The lowest BCUT2D eigenvalue weighted by Crippen LogP contribution is -2.43. The van der Waals surface area contributed by atoms with Gasteiger partial charge in [-0.2, -0.15) is 0 Å². The van der Waals surface area contributed by atoms with Crippen LogP contribution in [0.15, 0.2) is 24.3 Å². The lowest BCUT2D eigenvalue weighted by atomic mass is 10.00. The van der Waals surface area contributed by atoms with Crippen molar-refractivity contribution in [2.45, 2.75) is 31.8 Å². The molecule has 0 radical (unpaired) electrons. The first-order valence-corrected chi connectivity index (χ1v) is 6.12. The van der Waals surface area contributed by atoms with Crippen LogP contribution in [0.25, 0.3) is 0 Å². The number of nitrogens with two attached hydrogens (primary N) is 1. The first kappa shape index (κ1) is 12.4. The molecule has 1 aromatic carbocycles. The van der Waals surface area contributed by atoms with Crippen LogP contribution in [-0.2, 0) is 0 Å². The van der Waals surface area contributed by atoms with Crippen LogP contribution < -0.4 is 5.73 Å². The van der Waals surface area contributed by atoms with Gasteiger partial charge in [-0.25, -0.2) is 0 Å². The van der Waals surface area contributed by atoms with Crippen LogP contribution in [-0.4, -0.2) is 28.9 Å². The van der Waals surface area contributed by atoms with Crippen molar-refractivity contribution in [3.8, 4) is 0 Å². The predicted octanol–water partition coefficient (Wildman–Crippen LogP) is 2.29. The molecule has 1 unspecified atom stereocenters. The van der Waals surface area contributed by atoms with E-state index in [-0.39, 0.29) is 17.5 Å². The Kier molecular flexibility index (Phi) is 3.15. The molecule has 92 valence electrons. The third kappa shape index (κ3) is 2.31. The molecule has 1 aliphatic heterocycles. The van der Waals surface area contributed by atoms with Gasteiger partial charge in [-0.1, -0.05) is 23.7 Å². The molecular formula is C13H17ClN2O. The fraction of sp³-hybridized carbons (Fsp3) is 0.462. The van der Waals surface area contributed by atoms with Gasteiger partial charge in [0.25, 0.3) is 5.91 Å². The second-order valence-corrected chi connectivity index (χ2v) is 5.58. The van der Waals surface area contributed by atoms with E-state index in [1.54, 1.807) is 12.1 Å². The minimum atomic E-state index is -0.199. The Morgan fingerprint density at radius 2 is 2.12 bits per heavy atom. The number of benzene rings is 1. The van der Waals surface area contributed by atoms with E-state index in [4.69, 9.17) is 17.3 Å². The maximum absolute atomic E-state index is 12.4. The molecule has 17 heavy (non-hydrogen) atoms. The summed E-state index contributed by atoms with van der Waals surface area (Å²) in [5, 5.41) is 0.494. The molecule has 1 atom stereocenters. The topological polar surface area (TPSA) is 46.3 Å². The number of halogens is 1. The fourth-order valence-corrected chi connectivity index (χ4v) is 2.65. The molecular weight excluding hydrogens is 236 g/mol. The van der Waals surface area contributed by atoms with E-state index in [0.29, 0.717) is 17.1 Å². The van der Waals surface area contributed by atoms with E-state index in [0.717, 1.165) is 6.42 Å². The van der Waals surface area contributed by atoms with Gasteiger partial charge in [-0.3, -0.25) is 4.79 Å². The average Bonchev–Trinajstić information content (AvgIpc) is 2.51. The second-order valence-electron chi connectivity index (χ2n) is 5.17. The van der Waals surface area contributed by atoms with E-state index < -0.39 is 0 Å². The van der Waals surface area contributed by atoms with Gasteiger partial charge in [0.2, 0.25) is 0 Å². The number of hydrogen-bond donors (Lipinski definition) is 1. The molecule has 1 heterocycles. The first-order valence-electron chi connectivity index (χ1n) is 5.74. The minimum Gasteiger partial charge on any atom is -0.332 e. The van der Waals surface area contributed by atoms with Crippen molar-refractivity contribution in [3.05, 3.63) is 34.9 Å². The number of nitrogens with zero attached hydrogens (tertiary/aromatic N) is 1. The van der Waals surface area contributed by atoms with Crippen molar-refractivity contribution in [1.29, 1.82) is 0 Å². The van der Waals surface area contributed by atoms with Gasteiger partial charge < -0.3 is 10.6 Å². The minimum absolute atomic E-state index is 0.0337. The fourth-order valence-electron chi connectivity index (χ4n) is 2.44. The predicted molar refractivity (Wildman–Crippen MR) is 69.2 cm³/mol. The lowest BCUT2D eigenvalue weighted by molar-refractivity contribution is 0.0651. The van der Waals surface area contributed by atoms with E-state index in [1.807, 2.05) is 30.9 Å². The van der Waals surface area contributed by atoms with Crippen molar-refractivity contribution in [3.63, 3.8) is 0 Å². The van der Waals surface area contributed by atoms with Gasteiger partial charge in [-0.15, -0.1) is 0 Å². The Labute approximate surface area is 107 Å². The highest BCUT2D eigenvalue weighted by atomic mass is 35.5. The van der Waals surface area contributed by atoms with Crippen LogP contribution in [0.1, 0.15) is 30.6 Å². The number of rotatable bonds is 1. The zero-order chi connectivity index (χ0) is 12.6. The standard InChI is InChI=1S/C13H17ClN2O/c1-13(2)7-9(15)8-16(13)12(17)10-5-3-4-6-11(10)14/h3-6,9H,7-8,15H2,1-2H3. The number of carbonyl (C=O) groups is 1. The molecule has 0 saturated carbocycles. The Bertz CT molecular complexity index is 445. The zero-order valence-corrected chi connectivity index (χ0v) is 10.9. The molecule has 1 aromatic rings. The van der Waals surface area contributed by atoms with Crippen molar-refractivity contribution < 1.29 is 4.79 Å². The van der Waals surface area contributed by atoms with Gasteiger partial charge in [0.1, 0.15) is 0 Å². The van der Waals surface area contributed by atoms with Crippen LogP contribution in [0.3, 0.4) is 0 Å². The third-order valence-corrected chi connectivity index (χ3v) is 3.59. The van der Waals surface area contributed by atoms with Crippen molar-refractivity contribution >= 4 is 17.5 Å². The second kappa shape index (κ2) is 4.31. The van der Waals surface area contributed by atoms with Crippen molar-refractivity contribution in [1.82, 2.24) is 4.90 Å². The maximum Gasteiger partial charge on any atom is 0.255 e. The normalized spacial score (nSPS) is 22.8. The van der Waals surface area contributed by atoms with Crippen LogP contribution >= 0.6 is 11.6 Å². The summed E-state index contributed by atoms with van der Waals surface area (Å²) < 4.78 is 0. The molecule has 0 aromatic heterocycles. The molecule has 1 saturated heterocycles. The summed E-state index contributed by atoms with van der Waals surface area (Å²) in [6.45, 7) is 4.67. The zero-order valence-electron chi connectivity index (χ0n) is 10.1. The monoisotopic (exact) mass is 252 g/mol. The largest absolute Gasteiger partial charge is 0.332 e. The van der Waals surface area contributed by atoms with Crippen LogP contribution in [0.5, 0.6) is 0 Å². The molecule has 1 fully saturated rings. The summed E-state index contributed by atoms with van der Waals surface area (Å²) in [5.41, 5.74) is 6.28. The SMILES string of the molecule is CC1(C)CC(N)CN1C(=O)c1ccccc1Cl. The summed E-state index contributed by atoms with van der Waals surface area (Å²) in [4.78, 5) is 14.2. The van der Waals surface area contributed by atoms with Crippen LogP contribution in [0, 0.1) is 0 Å². The maximum atomic E-state index is 12.4. The smallest absolute Gasteiger partial charge is 0.255 e. The van der Waals surface area contributed by atoms with E-state index in [1.165, 1.54) is 0 Å². The Morgan fingerprint density at radius 3 is 2.65 bits per heavy atom. The van der Waals surface area contributed by atoms with Gasteiger partial charge in [0.05, 0.1) is 10.6 Å². The Balaban J connectivity index is 2.30. The van der Waals surface area contributed by atoms with Crippen molar-refractivity contribution in [2.75, 3.05) is 6.54 Å². The van der Waals surface area contributed by atoms with E-state index in [9.17, 15) is 4.79 Å². The summed E-state index contributed by atoms with van der Waals surface area (Å²) in [6, 6.07) is 7.18. The van der Waals surface area contributed by atoms with Crippen LogP contribution in [0.4, 0.5) is 0 Å². The molecule has 0 bridgehead atoms. The number of likely N-dealkylation sites (tertiary alicyclic amines) is 1. The van der Waals surface area contributed by atoms with E-state index in [2.05, 4.69) is 0 Å². The van der Waals surface area contributed by atoms with Gasteiger partial charge >= 0.3 is 0 Å². The summed E-state index contributed by atoms with van der Waals surface area (Å²) >= 11 is 6.05. The molecule has 1 amide bonds. The number of amides is 1. The lowest BCUT2D eigenvalue weighted by Gasteiger charge is -2.31. The first-order chi connectivity index (χ1) is 7.92. The van der Waals surface area contributed by atoms with Gasteiger partial charge in [-0.05, 0) is 32.4 Å². The molecule has 4 heteroatoms. The number of hydrogen-bond acceptors (Lipinski definition) is 2. The molecule has 2 rings (SSSR count). The molecule has 0 spiro atoms. The highest BCUT2D eigenvalue weighted by Crippen LogP contribution is 2.30. The van der Waals surface area contributed by atoms with Crippen molar-refractivity contribution in [2.24, 2.45) is 5.73 Å². The summed E-state index contributed by atoms with van der Waals surface area (Å²) in [7, 11) is 0. The number of carbonyl (C=O) groups excluding carboxylic acids is 1. The van der Waals surface area contributed by atoms with E-state index >= 15 is 0 Å².